The summed E-state index contributed by atoms with van der Waals surface area (Å²) in [6.07, 6.45) is -0.687. The summed E-state index contributed by atoms with van der Waals surface area (Å²) in [6.45, 7) is 2.38. The highest BCUT2D eigenvalue weighted by Gasteiger charge is 2.16. The molecule has 120 valence electrons. The van der Waals surface area contributed by atoms with Crippen LogP contribution in [-0.4, -0.2) is 21.2 Å². The van der Waals surface area contributed by atoms with Gasteiger partial charge >= 0.3 is 0 Å². The van der Waals surface area contributed by atoms with Gasteiger partial charge in [-0.25, -0.2) is 9.37 Å². The molecule has 5 heteroatoms. The first kappa shape index (κ1) is 15.6. The highest BCUT2D eigenvalue weighted by Crippen LogP contribution is 2.20. The number of para-hydroxylation sites is 2. The molecule has 0 bridgehead atoms. The molecule has 0 spiro atoms. The third-order valence-electron chi connectivity index (χ3n) is 4.08. The Morgan fingerprint density at radius 2 is 1.87 bits per heavy atom. The van der Waals surface area contributed by atoms with E-state index in [4.69, 9.17) is 0 Å². The third kappa shape index (κ3) is 3.25. The Bertz CT molecular complexity index is 798. The molecule has 0 saturated carbocycles. The van der Waals surface area contributed by atoms with Crippen LogP contribution in [-0.2, 0) is 7.05 Å². The molecule has 3 aromatic rings. The Hall–Kier alpha value is -2.24. The molecule has 0 radical (unpaired) electrons. The molecule has 2 N–H and O–H groups in total. The third-order valence-corrected chi connectivity index (χ3v) is 4.08. The van der Waals surface area contributed by atoms with Crippen LogP contribution in [0.5, 0.6) is 0 Å². The number of aliphatic hydroxyl groups excluding tert-OH is 1. The van der Waals surface area contributed by atoms with Crippen LogP contribution in [0.25, 0.3) is 11.0 Å². The van der Waals surface area contributed by atoms with Gasteiger partial charge in [-0.05, 0) is 36.8 Å². The Labute approximate surface area is 134 Å². The highest BCUT2D eigenvalue weighted by atomic mass is 19.1. The number of rotatable bonds is 5. The minimum absolute atomic E-state index is 0.0116. The zero-order valence-electron chi connectivity index (χ0n) is 13.2. The Morgan fingerprint density at radius 1 is 1.17 bits per heavy atom. The van der Waals surface area contributed by atoms with Crippen molar-refractivity contribution in [2.45, 2.75) is 19.1 Å². The summed E-state index contributed by atoms with van der Waals surface area (Å²) in [5.41, 5.74) is 2.73. The van der Waals surface area contributed by atoms with Crippen molar-refractivity contribution in [2.24, 2.45) is 7.05 Å². The number of hydrogen-bond acceptors (Lipinski definition) is 3. The van der Waals surface area contributed by atoms with E-state index in [1.807, 2.05) is 38.2 Å². The van der Waals surface area contributed by atoms with Gasteiger partial charge in [0.1, 0.15) is 11.6 Å². The zero-order valence-corrected chi connectivity index (χ0v) is 13.2. The zero-order chi connectivity index (χ0) is 16.4. The van der Waals surface area contributed by atoms with Crippen LogP contribution >= 0.6 is 0 Å². The number of nitrogens with zero attached hydrogens (tertiary/aromatic N) is 2. The lowest BCUT2D eigenvalue weighted by Gasteiger charge is -2.17. The molecule has 0 aliphatic heterocycles. The van der Waals surface area contributed by atoms with E-state index in [0.29, 0.717) is 12.1 Å². The maximum absolute atomic E-state index is 12.9. The summed E-state index contributed by atoms with van der Waals surface area (Å²) in [6, 6.07) is 13.9. The average molecular weight is 313 g/mol. The molecular formula is C18H20FN3O. The quantitative estimate of drug-likeness (QED) is 0.761. The number of hydrogen-bond donors (Lipinski definition) is 2. The number of aliphatic hydroxyl groups is 1. The molecule has 1 aromatic heterocycles. The van der Waals surface area contributed by atoms with E-state index in [-0.39, 0.29) is 11.9 Å². The average Bonchev–Trinajstić information content (AvgIpc) is 2.90. The van der Waals surface area contributed by atoms with Gasteiger partial charge in [0, 0.05) is 13.6 Å². The molecule has 0 fully saturated rings. The highest BCUT2D eigenvalue weighted by molar-refractivity contribution is 5.75. The molecule has 0 amide bonds. The maximum Gasteiger partial charge on any atom is 0.126 e. The van der Waals surface area contributed by atoms with E-state index < -0.39 is 6.10 Å². The van der Waals surface area contributed by atoms with Gasteiger partial charge in [0.2, 0.25) is 0 Å². The summed E-state index contributed by atoms with van der Waals surface area (Å²) < 4.78 is 15.0. The molecule has 0 aliphatic rings. The second-order valence-corrected chi connectivity index (χ2v) is 5.72. The predicted molar refractivity (Wildman–Crippen MR) is 88.5 cm³/mol. The van der Waals surface area contributed by atoms with Crippen LogP contribution in [0.1, 0.15) is 30.5 Å². The topological polar surface area (TPSA) is 50.1 Å². The lowest BCUT2D eigenvalue weighted by atomic mass is 10.1. The SMILES string of the molecule is CC(NCC(O)c1ccc(F)cc1)c1nc2ccccc2n1C. The molecule has 2 unspecified atom stereocenters. The molecule has 0 saturated heterocycles. The van der Waals surface area contributed by atoms with Gasteiger partial charge in [-0.3, -0.25) is 0 Å². The monoisotopic (exact) mass is 313 g/mol. The largest absolute Gasteiger partial charge is 0.387 e. The molecular weight excluding hydrogens is 293 g/mol. The summed E-state index contributed by atoms with van der Waals surface area (Å²) in [5, 5.41) is 13.5. The van der Waals surface area contributed by atoms with Crippen molar-refractivity contribution < 1.29 is 9.50 Å². The number of aryl methyl sites for hydroxylation is 1. The molecule has 0 aliphatic carbocycles. The van der Waals surface area contributed by atoms with Crippen molar-refractivity contribution >= 4 is 11.0 Å². The van der Waals surface area contributed by atoms with Crippen LogP contribution < -0.4 is 5.32 Å². The van der Waals surface area contributed by atoms with Crippen molar-refractivity contribution in [3.8, 4) is 0 Å². The fourth-order valence-electron chi connectivity index (χ4n) is 2.73. The fourth-order valence-corrected chi connectivity index (χ4v) is 2.73. The summed E-state index contributed by atoms with van der Waals surface area (Å²) in [5.74, 6) is 0.611. The van der Waals surface area contributed by atoms with E-state index in [0.717, 1.165) is 16.9 Å². The van der Waals surface area contributed by atoms with E-state index in [9.17, 15) is 9.50 Å². The van der Waals surface area contributed by atoms with Crippen LogP contribution in [0.15, 0.2) is 48.5 Å². The lowest BCUT2D eigenvalue weighted by Crippen LogP contribution is -2.26. The maximum atomic E-state index is 12.9. The van der Waals surface area contributed by atoms with E-state index in [2.05, 4.69) is 14.9 Å². The van der Waals surface area contributed by atoms with Gasteiger partial charge in [0.15, 0.2) is 0 Å². The van der Waals surface area contributed by atoms with Gasteiger partial charge in [-0.1, -0.05) is 24.3 Å². The first-order valence-electron chi connectivity index (χ1n) is 7.64. The predicted octanol–water partition coefficient (Wildman–Crippen LogP) is 3.10. The van der Waals surface area contributed by atoms with E-state index >= 15 is 0 Å². The molecule has 1 heterocycles. The van der Waals surface area contributed by atoms with Crippen LogP contribution in [0.2, 0.25) is 0 Å². The summed E-state index contributed by atoms with van der Waals surface area (Å²) in [4.78, 5) is 4.64. The van der Waals surface area contributed by atoms with Crippen molar-refractivity contribution in [3.05, 3.63) is 65.7 Å². The number of nitrogens with one attached hydrogen (secondary N) is 1. The second-order valence-electron chi connectivity index (χ2n) is 5.72. The number of halogens is 1. The number of aromatic nitrogens is 2. The first-order chi connectivity index (χ1) is 11.1. The minimum Gasteiger partial charge on any atom is -0.387 e. The van der Waals surface area contributed by atoms with E-state index in [1.54, 1.807) is 12.1 Å². The van der Waals surface area contributed by atoms with Gasteiger partial charge in [-0.15, -0.1) is 0 Å². The van der Waals surface area contributed by atoms with Gasteiger partial charge in [0.25, 0.3) is 0 Å². The van der Waals surface area contributed by atoms with Crippen molar-refractivity contribution in [1.82, 2.24) is 14.9 Å². The lowest BCUT2D eigenvalue weighted by molar-refractivity contribution is 0.170. The van der Waals surface area contributed by atoms with E-state index in [1.165, 1.54) is 12.1 Å². The standard InChI is InChI=1S/C18H20FN3O/c1-12(18-21-15-5-3-4-6-16(15)22(18)2)20-11-17(23)13-7-9-14(19)10-8-13/h3-10,12,17,20,23H,11H2,1-2H3. The number of fused-ring (bicyclic) bond motifs is 1. The van der Waals surface area contributed by atoms with Crippen molar-refractivity contribution in [3.63, 3.8) is 0 Å². The second kappa shape index (κ2) is 6.48. The molecule has 2 atom stereocenters. The minimum atomic E-state index is -0.687. The molecule has 4 nitrogen and oxygen atoms in total. The smallest absolute Gasteiger partial charge is 0.126 e. The van der Waals surface area contributed by atoms with Crippen molar-refractivity contribution in [1.29, 1.82) is 0 Å². The van der Waals surface area contributed by atoms with Crippen LogP contribution in [0.4, 0.5) is 4.39 Å². The Kier molecular flexibility index (Phi) is 4.41. The number of imidazole rings is 1. The van der Waals surface area contributed by atoms with Crippen LogP contribution in [0.3, 0.4) is 0 Å². The van der Waals surface area contributed by atoms with Gasteiger partial charge < -0.3 is 15.0 Å². The van der Waals surface area contributed by atoms with Crippen molar-refractivity contribution in [2.75, 3.05) is 6.54 Å². The van der Waals surface area contributed by atoms with Gasteiger partial charge in [0.05, 0.1) is 23.2 Å². The molecule has 3 rings (SSSR count). The molecule has 23 heavy (non-hydrogen) atoms. The normalized spacial score (nSPS) is 14.1. The van der Waals surface area contributed by atoms with Crippen LogP contribution in [0, 0.1) is 5.82 Å². The fraction of sp³-hybridized carbons (Fsp3) is 0.278. The first-order valence-corrected chi connectivity index (χ1v) is 7.64. The summed E-state index contributed by atoms with van der Waals surface area (Å²) >= 11 is 0. The Morgan fingerprint density at radius 3 is 2.57 bits per heavy atom. The van der Waals surface area contributed by atoms with Gasteiger partial charge in [-0.2, -0.15) is 0 Å². The number of benzene rings is 2. The Balaban J connectivity index is 1.69. The molecule has 2 aromatic carbocycles. The summed E-state index contributed by atoms with van der Waals surface area (Å²) in [7, 11) is 1.99.